The van der Waals surface area contributed by atoms with Gasteiger partial charge in [-0.15, -0.1) is 0 Å². The molecule has 0 radical (unpaired) electrons. The zero-order valence-corrected chi connectivity index (χ0v) is 16.2. The van der Waals surface area contributed by atoms with Gasteiger partial charge >= 0.3 is 0 Å². The summed E-state index contributed by atoms with van der Waals surface area (Å²) in [5.74, 6) is 0.139. The van der Waals surface area contributed by atoms with Crippen LogP contribution < -0.4 is 10.2 Å². The summed E-state index contributed by atoms with van der Waals surface area (Å²) in [4.78, 5) is 26.2. The zero-order chi connectivity index (χ0) is 19.8. The number of rotatable bonds is 4. The third-order valence-corrected chi connectivity index (χ3v) is 5.76. The van der Waals surface area contributed by atoms with E-state index in [-0.39, 0.29) is 11.8 Å². The maximum Gasteiger partial charge on any atom is 0.228 e. The van der Waals surface area contributed by atoms with Crippen LogP contribution in [0.5, 0.6) is 0 Å². The number of carbonyl (C=O) groups excluding carboxylic acids is 2. The van der Waals surface area contributed by atoms with Crippen LogP contribution in [-0.4, -0.2) is 18.4 Å². The fourth-order valence-corrected chi connectivity index (χ4v) is 4.33. The van der Waals surface area contributed by atoms with Crippen LogP contribution in [0.25, 0.3) is 11.1 Å². The minimum Gasteiger partial charge on any atom is -0.326 e. The lowest BCUT2D eigenvalue weighted by molar-refractivity contribution is -0.117. The van der Waals surface area contributed by atoms with Crippen LogP contribution in [0.2, 0.25) is 0 Å². The number of nitrogens with zero attached hydrogens (tertiary/aromatic N) is 1. The van der Waals surface area contributed by atoms with Gasteiger partial charge in [-0.05, 0) is 64.9 Å². The first kappa shape index (κ1) is 17.7. The molecular weight excluding hydrogens is 360 g/mol. The second-order valence-electron chi connectivity index (χ2n) is 7.75. The second-order valence-corrected chi connectivity index (χ2v) is 7.75. The molecule has 1 saturated heterocycles. The molecule has 4 nitrogen and oxygen atoms in total. The molecule has 0 aromatic heterocycles. The van der Waals surface area contributed by atoms with Crippen molar-refractivity contribution in [2.24, 2.45) is 0 Å². The van der Waals surface area contributed by atoms with E-state index < -0.39 is 0 Å². The topological polar surface area (TPSA) is 49.4 Å². The third kappa shape index (κ3) is 3.42. The number of carbonyl (C=O) groups is 2. The first-order valence-corrected chi connectivity index (χ1v) is 10.1. The van der Waals surface area contributed by atoms with Crippen molar-refractivity contribution >= 4 is 23.2 Å². The van der Waals surface area contributed by atoms with Crippen LogP contribution in [0.4, 0.5) is 11.4 Å². The van der Waals surface area contributed by atoms with Crippen LogP contribution in [0.15, 0.2) is 66.7 Å². The molecule has 2 amide bonds. The van der Waals surface area contributed by atoms with E-state index >= 15 is 0 Å². The summed E-state index contributed by atoms with van der Waals surface area (Å²) < 4.78 is 0. The van der Waals surface area contributed by atoms with Crippen molar-refractivity contribution in [1.29, 1.82) is 0 Å². The lowest BCUT2D eigenvalue weighted by atomic mass is 10.1. The lowest BCUT2D eigenvalue weighted by Gasteiger charge is -2.16. The lowest BCUT2D eigenvalue weighted by Crippen LogP contribution is -2.23. The highest BCUT2D eigenvalue weighted by Crippen LogP contribution is 2.37. The Kier molecular flexibility index (Phi) is 4.39. The Labute approximate surface area is 170 Å². The summed E-state index contributed by atoms with van der Waals surface area (Å²) in [5.41, 5.74) is 7.82. The molecule has 0 saturated carbocycles. The largest absolute Gasteiger partial charge is 0.326 e. The van der Waals surface area contributed by atoms with Gasteiger partial charge < -0.3 is 10.2 Å². The summed E-state index contributed by atoms with van der Waals surface area (Å²) in [5, 5.41) is 3.02. The molecule has 1 fully saturated rings. The molecule has 3 aromatic rings. The Bertz CT molecular complexity index is 1100. The highest BCUT2D eigenvalue weighted by molar-refractivity contribution is 5.96. The third-order valence-electron chi connectivity index (χ3n) is 5.76. The van der Waals surface area contributed by atoms with E-state index in [1.54, 1.807) is 0 Å². The fraction of sp³-hybridized carbons (Fsp3) is 0.200. The normalized spacial score (nSPS) is 14.6. The highest BCUT2D eigenvalue weighted by atomic mass is 16.2. The molecular formula is C25H22N2O2. The van der Waals surface area contributed by atoms with Crippen molar-refractivity contribution in [2.45, 2.75) is 25.7 Å². The maximum absolute atomic E-state index is 12.5. The monoisotopic (exact) mass is 382 g/mol. The average Bonchev–Trinajstić information content (AvgIpc) is 3.31. The SMILES string of the molecule is O=C(Cc1ccc(N2CCCC2=O)cc1)Nc1ccc2c(c1)Cc1ccccc1-2. The molecule has 1 aliphatic carbocycles. The number of anilines is 2. The summed E-state index contributed by atoms with van der Waals surface area (Å²) in [6.45, 7) is 0.779. The van der Waals surface area contributed by atoms with E-state index in [0.29, 0.717) is 12.8 Å². The van der Waals surface area contributed by atoms with Crippen LogP contribution in [0, 0.1) is 0 Å². The number of hydrogen-bond donors (Lipinski definition) is 1. The van der Waals surface area contributed by atoms with Crippen LogP contribution in [0.1, 0.15) is 29.5 Å². The molecule has 1 aliphatic heterocycles. The van der Waals surface area contributed by atoms with Crippen molar-refractivity contribution in [3.8, 4) is 11.1 Å². The predicted octanol–water partition coefficient (Wildman–Crippen LogP) is 4.57. The van der Waals surface area contributed by atoms with E-state index in [1.807, 2.05) is 35.2 Å². The second kappa shape index (κ2) is 7.21. The van der Waals surface area contributed by atoms with Crippen molar-refractivity contribution in [3.63, 3.8) is 0 Å². The minimum absolute atomic E-state index is 0.0366. The molecule has 0 bridgehead atoms. The van der Waals surface area contributed by atoms with Crippen molar-refractivity contribution in [2.75, 3.05) is 16.8 Å². The van der Waals surface area contributed by atoms with Crippen molar-refractivity contribution < 1.29 is 9.59 Å². The van der Waals surface area contributed by atoms with Gasteiger partial charge in [-0.3, -0.25) is 9.59 Å². The first-order valence-electron chi connectivity index (χ1n) is 10.1. The fourth-order valence-electron chi connectivity index (χ4n) is 4.33. The summed E-state index contributed by atoms with van der Waals surface area (Å²) in [6.07, 6.45) is 2.75. The van der Waals surface area contributed by atoms with Crippen LogP contribution >= 0.6 is 0 Å². The molecule has 4 heteroatoms. The highest BCUT2D eigenvalue weighted by Gasteiger charge is 2.21. The Balaban J connectivity index is 1.25. The number of amides is 2. The van der Waals surface area contributed by atoms with E-state index in [2.05, 4.69) is 41.7 Å². The Morgan fingerprint density at radius 3 is 2.52 bits per heavy atom. The van der Waals surface area contributed by atoms with Gasteiger partial charge in [-0.1, -0.05) is 42.5 Å². The smallest absolute Gasteiger partial charge is 0.228 e. The van der Waals surface area contributed by atoms with Gasteiger partial charge in [0, 0.05) is 24.3 Å². The zero-order valence-electron chi connectivity index (χ0n) is 16.2. The molecule has 5 rings (SSSR count). The molecule has 144 valence electrons. The molecule has 29 heavy (non-hydrogen) atoms. The van der Waals surface area contributed by atoms with Gasteiger partial charge in [-0.2, -0.15) is 0 Å². The van der Waals surface area contributed by atoms with Gasteiger partial charge in [-0.25, -0.2) is 0 Å². The molecule has 2 aliphatic rings. The van der Waals surface area contributed by atoms with Gasteiger partial charge in [0.2, 0.25) is 11.8 Å². The number of fused-ring (bicyclic) bond motifs is 3. The Hall–Kier alpha value is -3.40. The van der Waals surface area contributed by atoms with E-state index in [4.69, 9.17) is 0 Å². The van der Waals surface area contributed by atoms with Crippen molar-refractivity contribution in [3.05, 3.63) is 83.4 Å². The van der Waals surface area contributed by atoms with Gasteiger partial charge in [0.05, 0.1) is 6.42 Å². The molecule has 0 spiro atoms. The number of nitrogens with one attached hydrogen (secondary N) is 1. The van der Waals surface area contributed by atoms with Crippen molar-refractivity contribution in [1.82, 2.24) is 0 Å². The Morgan fingerprint density at radius 1 is 0.931 bits per heavy atom. The van der Waals surface area contributed by atoms with E-state index in [9.17, 15) is 9.59 Å². The van der Waals surface area contributed by atoms with Crippen LogP contribution in [-0.2, 0) is 22.4 Å². The summed E-state index contributed by atoms with van der Waals surface area (Å²) in [6, 6.07) is 22.3. The van der Waals surface area contributed by atoms with Gasteiger partial charge in [0.1, 0.15) is 0 Å². The van der Waals surface area contributed by atoms with E-state index in [0.717, 1.165) is 36.3 Å². The minimum atomic E-state index is -0.0366. The quantitative estimate of drug-likeness (QED) is 0.562. The average molecular weight is 382 g/mol. The molecule has 0 atom stereocenters. The van der Waals surface area contributed by atoms with Crippen LogP contribution in [0.3, 0.4) is 0 Å². The van der Waals surface area contributed by atoms with Gasteiger partial charge in [0.25, 0.3) is 0 Å². The van der Waals surface area contributed by atoms with E-state index in [1.165, 1.54) is 22.3 Å². The summed E-state index contributed by atoms with van der Waals surface area (Å²) in [7, 11) is 0. The maximum atomic E-state index is 12.5. The molecule has 1 heterocycles. The van der Waals surface area contributed by atoms with Gasteiger partial charge in [0.15, 0.2) is 0 Å². The molecule has 1 N–H and O–H groups in total. The molecule has 0 unspecified atom stereocenters. The molecule has 3 aromatic carbocycles. The predicted molar refractivity (Wildman–Crippen MR) is 115 cm³/mol. The Morgan fingerprint density at radius 2 is 1.72 bits per heavy atom. The number of hydrogen-bond acceptors (Lipinski definition) is 2. The first-order chi connectivity index (χ1) is 14.2. The number of benzene rings is 3. The summed E-state index contributed by atoms with van der Waals surface area (Å²) >= 11 is 0. The standard InChI is InChI=1S/C25H22N2O2/c28-24(14-17-7-10-21(11-8-17)27-13-3-6-25(27)29)26-20-9-12-23-19(16-20)15-18-4-1-2-5-22(18)23/h1-2,4-5,7-12,16H,3,6,13-15H2,(H,26,28).